The van der Waals surface area contributed by atoms with Crippen LogP contribution in [0.15, 0.2) is 33.2 Å². The monoisotopic (exact) mass is 621 g/mol. The summed E-state index contributed by atoms with van der Waals surface area (Å²) in [6.45, 7) is 17.7. The number of hydrogen-bond acceptors (Lipinski definition) is 1. The average molecular weight is 623 g/mol. The van der Waals surface area contributed by atoms with Crippen molar-refractivity contribution in [2.24, 2.45) is 0 Å². The maximum absolute atomic E-state index is 6.13. The Morgan fingerprint density at radius 3 is 1.11 bits per heavy atom. The standard InChI is InChI=1S/C12H16BrI.C12H18BrN/c2*1-7(2)10-5-9(13)6-11(8(3)4)12(10)14/h5-8H,1-4H3;5-8H,14H2,1-4H3. The normalized spacial score (nSPS) is 11.4. The van der Waals surface area contributed by atoms with E-state index in [2.05, 4.69) is 134 Å². The fourth-order valence-electron chi connectivity index (χ4n) is 3.09. The molecule has 0 atom stereocenters. The number of anilines is 1. The molecule has 0 bridgehead atoms. The van der Waals surface area contributed by atoms with Crippen LogP contribution in [0.2, 0.25) is 0 Å². The third kappa shape index (κ3) is 7.02. The highest BCUT2D eigenvalue weighted by Crippen LogP contribution is 2.33. The van der Waals surface area contributed by atoms with Gasteiger partial charge in [0.2, 0.25) is 0 Å². The van der Waals surface area contributed by atoms with E-state index in [0.29, 0.717) is 23.7 Å². The molecule has 156 valence electrons. The van der Waals surface area contributed by atoms with E-state index in [1.165, 1.54) is 30.3 Å². The Morgan fingerprint density at radius 2 is 0.857 bits per heavy atom. The molecule has 0 aliphatic rings. The molecule has 4 heteroatoms. The molecule has 0 radical (unpaired) electrons. The molecule has 0 aromatic heterocycles. The summed E-state index contributed by atoms with van der Waals surface area (Å²) < 4.78 is 3.75. The second kappa shape index (κ2) is 11.4. The van der Waals surface area contributed by atoms with Gasteiger partial charge in [-0.2, -0.15) is 0 Å². The van der Waals surface area contributed by atoms with E-state index < -0.39 is 0 Å². The van der Waals surface area contributed by atoms with Gasteiger partial charge in [0.15, 0.2) is 0 Å². The van der Waals surface area contributed by atoms with E-state index in [-0.39, 0.29) is 0 Å². The molecule has 0 unspecified atom stereocenters. The highest BCUT2D eigenvalue weighted by molar-refractivity contribution is 14.1. The molecule has 0 aliphatic carbocycles. The summed E-state index contributed by atoms with van der Waals surface area (Å²) in [7, 11) is 0. The molecule has 0 saturated carbocycles. The second-order valence-corrected chi connectivity index (χ2v) is 11.4. The smallest absolute Gasteiger partial charge is 0.0385 e. The average Bonchev–Trinajstić information content (AvgIpc) is 2.58. The topological polar surface area (TPSA) is 26.0 Å². The van der Waals surface area contributed by atoms with Gasteiger partial charge in [-0.05, 0) is 92.8 Å². The Labute approximate surface area is 202 Å². The maximum atomic E-state index is 6.13. The molecule has 0 saturated heterocycles. The van der Waals surface area contributed by atoms with Crippen molar-refractivity contribution in [3.05, 3.63) is 59.0 Å². The third-order valence-corrected chi connectivity index (χ3v) is 6.95. The van der Waals surface area contributed by atoms with Gasteiger partial charge in [-0.1, -0.05) is 87.2 Å². The number of nitrogens with two attached hydrogens (primary N) is 1. The van der Waals surface area contributed by atoms with E-state index >= 15 is 0 Å². The molecule has 2 N–H and O–H groups in total. The largest absolute Gasteiger partial charge is 0.398 e. The molecule has 2 aromatic carbocycles. The second-order valence-electron chi connectivity index (χ2n) is 8.51. The van der Waals surface area contributed by atoms with Gasteiger partial charge in [0.25, 0.3) is 0 Å². The van der Waals surface area contributed by atoms with Crippen LogP contribution < -0.4 is 5.73 Å². The summed E-state index contributed by atoms with van der Waals surface area (Å²) in [6, 6.07) is 8.70. The molecule has 0 amide bonds. The predicted molar refractivity (Wildman–Crippen MR) is 142 cm³/mol. The molecular formula is C24H34Br2IN. The summed E-state index contributed by atoms with van der Waals surface area (Å²) >= 11 is 9.58. The van der Waals surface area contributed by atoms with Crippen molar-refractivity contribution in [3.63, 3.8) is 0 Å². The zero-order valence-electron chi connectivity index (χ0n) is 18.3. The van der Waals surface area contributed by atoms with Crippen LogP contribution >= 0.6 is 54.5 Å². The van der Waals surface area contributed by atoms with Crippen LogP contribution in [-0.2, 0) is 0 Å². The maximum Gasteiger partial charge on any atom is 0.0385 e. The molecule has 0 heterocycles. The van der Waals surface area contributed by atoms with Crippen molar-refractivity contribution in [3.8, 4) is 0 Å². The van der Waals surface area contributed by atoms with Crippen molar-refractivity contribution in [1.82, 2.24) is 0 Å². The summed E-state index contributed by atoms with van der Waals surface area (Å²) in [4.78, 5) is 0. The molecule has 28 heavy (non-hydrogen) atoms. The zero-order valence-corrected chi connectivity index (χ0v) is 23.7. The first-order valence-electron chi connectivity index (χ1n) is 9.94. The van der Waals surface area contributed by atoms with Crippen molar-refractivity contribution in [1.29, 1.82) is 0 Å². The highest BCUT2D eigenvalue weighted by atomic mass is 127. The van der Waals surface area contributed by atoms with Gasteiger partial charge in [-0.15, -0.1) is 0 Å². The van der Waals surface area contributed by atoms with Crippen LogP contribution in [0.3, 0.4) is 0 Å². The van der Waals surface area contributed by atoms with Crippen LogP contribution in [0, 0.1) is 3.57 Å². The van der Waals surface area contributed by atoms with Gasteiger partial charge < -0.3 is 5.73 Å². The Balaban J connectivity index is 0.000000280. The number of rotatable bonds is 4. The first-order chi connectivity index (χ1) is 12.9. The van der Waals surface area contributed by atoms with Gasteiger partial charge >= 0.3 is 0 Å². The Kier molecular flexibility index (Phi) is 10.5. The number of hydrogen-bond donors (Lipinski definition) is 1. The van der Waals surface area contributed by atoms with Crippen molar-refractivity contribution >= 4 is 60.1 Å². The minimum absolute atomic E-state index is 0.477. The van der Waals surface area contributed by atoms with Gasteiger partial charge in [0.05, 0.1) is 0 Å². The fourth-order valence-corrected chi connectivity index (χ4v) is 5.63. The molecule has 2 aromatic rings. The van der Waals surface area contributed by atoms with E-state index in [0.717, 1.165) is 10.2 Å². The lowest BCUT2D eigenvalue weighted by molar-refractivity contribution is 0.821. The van der Waals surface area contributed by atoms with Gasteiger partial charge in [-0.25, -0.2) is 0 Å². The molecule has 0 fully saturated rings. The number of nitrogen functional groups attached to an aromatic ring is 1. The van der Waals surface area contributed by atoms with Crippen LogP contribution in [-0.4, -0.2) is 0 Å². The van der Waals surface area contributed by atoms with Crippen LogP contribution in [0.4, 0.5) is 5.69 Å². The number of halogens is 3. The Bertz CT molecular complexity index is 670. The Morgan fingerprint density at radius 1 is 0.607 bits per heavy atom. The summed E-state index contributed by atoms with van der Waals surface area (Å²) in [5.74, 6) is 2.14. The Hall–Kier alpha value is -0.0700. The molecule has 1 nitrogen and oxygen atoms in total. The van der Waals surface area contributed by atoms with Crippen molar-refractivity contribution in [2.75, 3.05) is 5.73 Å². The molecule has 0 spiro atoms. The zero-order chi connectivity index (χ0) is 21.8. The van der Waals surface area contributed by atoms with Crippen LogP contribution in [0.1, 0.15) is 101 Å². The minimum atomic E-state index is 0.477. The summed E-state index contributed by atoms with van der Waals surface area (Å²) in [6.07, 6.45) is 0. The van der Waals surface area contributed by atoms with E-state index in [1.807, 2.05) is 0 Å². The summed E-state index contributed by atoms with van der Waals surface area (Å²) in [5, 5.41) is 0. The van der Waals surface area contributed by atoms with E-state index in [1.54, 1.807) is 0 Å². The SMILES string of the molecule is CC(C)c1cc(Br)cc(C(C)C)c1I.CC(C)c1cc(Br)cc(C(C)C)c1N. The lowest BCUT2D eigenvalue weighted by atomic mass is 9.93. The first kappa shape index (κ1) is 26.0. The molecule has 0 aliphatic heterocycles. The third-order valence-electron chi connectivity index (χ3n) is 4.79. The fraction of sp³-hybridized carbons (Fsp3) is 0.500. The van der Waals surface area contributed by atoms with Crippen LogP contribution in [0.25, 0.3) is 0 Å². The van der Waals surface area contributed by atoms with Crippen molar-refractivity contribution in [2.45, 2.75) is 79.1 Å². The van der Waals surface area contributed by atoms with Gasteiger partial charge in [-0.3, -0.25) is 0 Å². The quantitative estimate of drug-likeness (QED) is 0.267. The van der Waals surface area contributed by atoms with E-state index in [4.69, 9.17) is 5.73 Å². The van der Waals surface area contributed by atoms with Crippen LogP contribution in [0.5, 0.6) is 0 Å². The first-order valence-corrected chi connectivity index (χ1v) is 12.6. The van der Waals surface area contributed by atoms with Gasteiger partial charge in [0.1, 0.15) is 0 Å². The van der Waals surface area contributed by atoms with Crippen molar-refractivity contribution < 1.29 is 0 Å². The van der Waals surface area contributed by atoms with Gasteiger partial charge in [0, 0.05) is 18.2 Å². The predicted octanol–water partition coefficient (Wildman–Crippen LogP) is 9.58. The summed E-state index contributed by atoms with van der Waals surface area (Å²) in [5.41, 5.74) is 12.5. The lowest BCUT2D eigenvalue weighted by Crippen LogP contribution is -2.03. The minimum Gasteiger partial charge on any atom is -0.398 e. The number of benzene rings is 2. The molecule has 2 rings (SSSR count). The van der Waals surface area contributed by atoms with E-state index in [9.17, 15) is 0 Å². The highest BCUT2D eigenvalue weighted by Gasteiger charge is 2.13. The lowest BCUT2D eigenvalue weighted by Gasteiger charge is -2.16. The molecular weight excluding hydrogens is 589 g/mol.